The number of nitrogens with zero attached hydrogens (tertiary/aromatic N) is 3. The van der Waals surface area contributed by atoms with Gasteiger partial charge in [0.2, 0.25) is 15.2 Å². The van der Waals surface area contributed by atoms with Gasteiger partial charge in [-0.05, 0) is 79.3 Å². The van der Waals surface area contributed by atoms with Crippen molar-refractivity contribution in [2.45, 2.75) is 34.5 Å². The van der Waals surface area contributed by atoms with Crippen LogP contribution in [0.2, 0.25) is 0 Å². The van der Waals surface area contributed by atoms with Crippen LogP contribution in [0.4, 0.5) is 8.78 Å². The van der Waals surface area contributed by atoms with Crippen molar-refractivity contribution in [3.8, 4) is 27.9 Å². The molecule has 9 nitrogen and oxygen atoms in total. The summed E-state index contributed by atoms with van der Waals surface area (Å²) in [7, 11) is -3.86. The molecule has 0 atom stereocenters. The second kappa shape index (κ2) is 12.2. The standard InChI is InChI=1S/C31H25F2IN4O5S2/c32-31(33,34)21-8-10-22(11-9-21)43-23-3-1-2-20(16-23)28-25(14-18-6-12-24(13-7-18)45(35,41)42)27(15-19-4-5-19)38(37-28)30-36-26(17-44-30)29(39)40/h1-3,6-13,16-17,19H,4-5,14-15H2,(H,39,40)(H2,35,41,42). The Labute approximate surface area is 274 Å². The molecule has 0 bridgehead atoms. The van der Waals surface area contributed by atoms with Gasteiger partial charge in [0.05, 0.1) is 16.3 Å². The zero-order valence-corrected chi connectivity index (χ0v) is 27.2. The molecule has 1 aliphatic carbocycles. The highest BCUT2D eigenvalue weighted by Crippen LogP contribution is 2.40. The summed E-state index contributed by atoms with van der Waals surface area (Å²) in [5.74, 6) is 0.161. The summed E-state index contributed by atoms with van der Waals surface area (Å²) in [4.78, 5) is 15.9. The minimum Gasteiger partial charge on any atom is -0.476 e. The van der Waals surface area contributed by atoms with Crippen LogP contribution >= 0.6 is 33.9 Å². The third kappa shape index (κ3) is 7.24. The summed E-state index contributed by atoms with van der Waals surface area (Å²) in [6.07, 6.45) is 3.22. The molecular formula is C31H25F2IN4O5S2. The molecule has 2 heterocycles. The fraction of sp³-hybridized carbons (Fsp3) is 0.194. The van der Waals surface area contributed by atoms with Crippen molar-refractivity contribution in [3.63, 3.8) is 0 Å². The molecule has 0 spiro atoms. The number of carboxylic acids is 1. The smallest absolute Gasteiger partial charge is 0.355 e. The van der Waals surface area contributed by atoms with Crippen LogP contribution in [0.25, 0.3) is 16.4 Å². The van der Waals surface area contributed by atoms with E-state index in [1.165, 1.54) is 53.1 Å². The number of hydrogen-bond acceptors (Lipinski definition) is 7. The lowest BCUT2D eigenvalue weighted by atomic mass is 9.97. The fourth-order valence-electron chi connectivity index (χ4n) is 4.88. The molecule has 2 aromatic heterocycles. The predicted octanol–water partition coefficient (Wildman–Crippen LogP) is 7.16. The summed E-state index contributed by atoms with van der Waals surface area (Å²) in [5.41, 5.74) is 3.71. The lowest BCUT2D eigenvalue weighted by Gasteiger charge is -2.11. The van der Waals surface area contributed by atoms with Crippen LogP contribution in [0.15, 0.2) is 83.1 Å². The SMILES string of the molecule is NS(=O)(=O)c1ccc(Cc2c(-c3cccc(Oc4ccc(C(F)(F)I)cc4)c3)nn(-c3nc(C(=O)O)cs3)c2CC2CC2)cc1. The van der Waals surface area contributed by atoms with Gasteiger partial charge in [-0.25, -0.2) is 28.0 Å². The molecule has 0 radical (unpaired) electrons. The fourth-order valence-corrected chi connectivity index (χ4v) is 6.53. The zero-order chi connectivity index (χ0) is 31.9. The van der Waals surface area contributed by atoms with Crippen molar-refractivity contribution in [2.24, 2.45) is 11.1 Å². The monoisotopic (exact) mass is 762 g/mol. The number of thiazole rings is 1. The average molecular weight is 763 g/mol. The minimum atomic E-state index is -3.86. The van der Waals surface area contributed by atoms with Gasteiger partial charge in [-0.1, -0.05) is 24.3 Å². The Morgan fingerprint density at radius 3 is 2.40 bits per heavy atom. The molecule has 0 aliphatic heterocycles. The third-order valence-electron chi connectivity index (χ3n) is 7.32. The molecule has 5 aromatic rings. The Hall–Kier alpha value is -3.73. The highest BCUT2D eigenvalue weighted by Gasteiger charge is 2.30. The molecule has 232 valence electrons. The molecule has 3 aromatic carbocycles. The average Bonchev–Trinajstić information content (AvgIpc) is 3.54. The quantitative estimate of drug-likeness (QED) is 0.108. The lowest BCUT2D eigenvalue weighted by Crippen LogP contribution is -2.12. The molecule has 1 aliphatic rings. The van der Waals surface area contributed by atoms with Gasteiger partial charge in [-0.3, -0.25) is 0 Å². The number of nitrogens with two attached hydrogens (primary N) is 1. The molecule has 14 heteroatoms. The van der Waals surface area contributed by atoms with Crippen LogP contribution in [-0.2, 0) is 26.8 Å². The molecule has 45 heavy (non-hydrogen) atoms. The summed E-state index contributed by atoms with van der Waals surface area (Å²) in [5, 5.41) is 21.6. The number of hydrogen-bond donors (Lipinski definition) is 2. The number of ether oxygens (including phenoxy) is 1. The van der Waals surface area contributed by atoms with Crippen molar-refractivity contribution in [3.05, 3.63) is 106 Å². The number of rotatable bonds is 11. The Morgan fingerprint density at radius 2 is 1.80 bits per heavy atom. The maximum Gasteiger partial charge on any atom is 0.355 e. The molecule has 1 fully saturated rings. The number of carboxylic acid groups (broad SMARTS) is 1. The first-order valence-corrected chi connectivity index (χ1v) is 17.2. The first-order valence-electron chi connectivity index (χ1n) is 13.7. The van der Waals surface area contributed by atoms with E-state index in [0.717, 1.165) is 52.3 Å². The summed E-state index contributed by atoms with van der Waals surface area (Å²) in [6, 6.07) is 19.1. The highest BCUT2D eigenvalue weighted by atomic mass is 127. The van der Waals surface area contributed by atoms with E-state index in [1.54, 1.807) is 35.0 Å². The summed E-state index contributed by atoms with van der Waals surface area (Å²) in [6.45, 7) is 0. The van der Waals surface area contributed by atoms with E-state index in [2.05, 4.69) is 4.98 Å². The van der Waals surface area contributed by atoms with Crippen LogP contribution in [-0.4, -0.2) is 34.3 Å². The van der Waals surface area contributed by atoms with Crippen LogP contribution in [0.5, 0.6) is 11.5 Å². The second-order valence-corrected chi connectivity index (χ2v) is 14.4. The van der Waals surface area contributed by atoms with Crippen molar-refractivity contribution in [1.82, 2.24) is 14.8 Å². The van der Waals surface area contributed by atoms with Gasteiger partial charge >= 0.3 is 9.90 Å². The summed E-state index contributed by atoms with van der Waals surface area (Å²) >= 11 is 2.26. The van der Waals surface area contributed by atoms with E-state index in [-0.39, 0.29) is 16.2 Å². The first-order chi connectivity index (χ1) is 21.3. The highest BCUT2D eigenvalue weighted by molar-refractivity contribution is 14.1. The van der Waals surface area contributed by atoms with E-state index in [0.29, 0.717) is 46.6 Å². The van der Waals surface area contributed by atoms with Crippen LogP contribution in [0.1, 0.15) is 45.7 Å². The molecule has 0 unspecified atom stereocenters. The Morgan fingerprint density at radius 1 is 1.09 bits per heavy atom. The number of alkyl halides is 3. The molecule has 3 N–H and O–H groups in total. The first kappa shape index (κ1) is 31.3. The maximum atomic E-state index is 13.7. The number of halogens is 3. The van der Waals surface area contributed by atoms with E-state index >= 15 is 0 Å². The van der Waals surface area contributed by atoms with Gasteiger partial charge < -0.3 is 9.84 Å². The van der Waals surface area contributed by atoms with Crippen LogP contribution in [0, 0.1) is 5.92 Å². The lowest BCUT2D eigenvalue weighted by molar-refractivity contribution is 0.0691. The second-order valence-electron chi connectivity index (χ2n) is 10.7. The van der Waals surface area contributed by atoms with Crippen LogP contribution in [0.3, 0.4) is 0 Å². The van der Waals surface area contributed by atoms with Gasteiger partial charge in [0.1, 0.15) is 11.5 Å². The van der Waals surface area contributed by atoms with Crippen LogP contribution < -0.4 is 9.88 Å². The molecule has 6 rings (SSSR count). The normalized spacial score (nSPS) is 13.6. The number of primary sulfonamides is 1. The zero-order valence-electron chi connectivity index (χ0n) is 23.4. The molecular weight excluding hydrogens is 737 g/mol. The maximum absolute atomic E-state index is 13.7. The molecule has 0 amide bonds. The van der Waals surface area contributed by atoms with Crippen molar-refractivity contribution >= 4 is 49.9 Å². The number of carbonyl (C=O) groups is 1. The Balaban J connectivity index is 1.43. The van der Waals surface area contributed by atoms with E-state index in [4.69, 9.17) is 15.0 Å². The summed E-state index contributed by atoms with van der Waals surface area (Å²) < 4.78 is 55.7. The van der Waals surface area contributed by atoms with E-state index in [9.17, 15) is 27.1 Å². The topological polar surface area (TPSA) is 137 Å². The van der Waals surface area contributed by atoms with Crippen molar-refractivity contribution < 1.29 is 31.8 Å². The largest absolute Gasteiger partial charge is 0.476 e. The van der Waals surface area contributed by atoms with E-state index < -0.39 is 19.9 Å². The van der Waals surface area contributed by atoms with Crippen molar-refractivity contribution in [1.29, 1.82) is 0 Å². The van der Waals surface area contributed by atoms with E-state index in [1.807, 2.05) is 6.07 Å². The molecule has 0 saturated heterocycles. The Kier molecular flexibility index (Phi) is 8.49. The number of sulfonamides is 1. The van der Waals surface area contributed by atoms with Gasteiger partial charge in [-0.2, -0.15) is 13.9 Å². The van der Waals surface area contributed by atoms with Gasteiger partial charge in [0, 0.05) is 51.1 Å². The number of aromatic carboxylic acids is 1. The van der Waals surface area contributed by atoms with Gasteiger partial charge in [-0.15, -0.1) is 11.3 Å². The van der Waals surface area contributed by atoms with Gasteiger partial charge in [0.25, 0.3) is 0 Å². The number of benzene rings is 3. The number of aromatic nitrogens is 3. The molecule has 1 saturated carbocycles. The van der Waals surface area contributed by atoms with Gasteiger partial charge in [0.15, 0.2) is 5.69 Å². The predicted molar refractivity (Wildman–Crippen MR) is 173 cm³/mol. The Bertz CT molecular complexity index is 1990. The van der Waals surface area contributed by atoms with Crippen molar-refractivity contribution in [2.75, 3.05) is 0 Å². The third-order valence-corrected chi connectivity index (χ3v) is 9.69. The minimum absolute atomic E-state index is 0.00412.